The molecule has 62 valence electrons. The number of rotatable bonds is 1. The van der Waals surface area contributed by atoms with E-state index in [2.05, 4.69) is 0 Å². The summed E-state index contributed by atoms with van der Waals surface area (Å²) in [5.74, 6) is -1.73. The van der Waals surface area contributed by atoms with Gasteiger partial charge in [0.2, 0.25) is 0 Å². The lowest BCUT2D eigenvalue weighted by atomic mass is 10.1. The molecule has 1 aromatic rings. The van der Waals surface area contributed by atoms with Gasteiger partial charge in [0, 0.05) is 6.54 Å². The molecular weight excluding hydrogens is 162 g/mol. The van der Waals surface area contributed by atoms with Gasteiger partial charge >= 0.3 is 0 Å². The fraction of sp³-hybridized carbons (Fsp3) is 0.125. The van der Waals surface area contributed by atoms with Crippen molar-refractivity contribution in [3.05, 3.63) is 34.9 Å². The normalized spacial score (nSPS) is 9.50. The number of hydrogen-bond donors (Lipinski definition) is 1. The van der Waals surface area contributed by atoms with E-state index in [9.17, 15) is 8.78 Å². The highest BCUT2D eigenvalue weighted by molar-refractivity contribution is 5.35. The van der Waals surface area contributed by atoms with E-state index in [0.29, 0.717) is 5.56 Å². The maximum absolute atomic E-state index is 12.8. The third-order valence-corrected chi connectivity index (χ3v) is 1.45. The standard InChI is InChI=1S/C8H6F2N2/c9-7-1-5(3-11)2-8(10)6(7)4-12/h1-2H,3,11H2. The zero-order valence-corrected chi connectivity index (χ0v) is 6.14. The molecule has 0 aliphatic rings. The Bertz CT molecular complexity index is 318. The molecule has 0 saturated heterocycles. The van der Waals surface area contributed by atoms with Crippen molar-refractivity contribution in [2.75, 3.05) is 0 Å². The molecule has 0 unspecified atom stereocenters. The van der Waals surface area contributed by atoms with Crippen LogP contribution in [0.3, 0.4) is 0 Å². The van der Waals surface area contributed by atoms with Gasteiger partial charge in [0.05, 0.1) is 0 Å². The first kappa shape index (κ1) is 8.62. The van der Waals surface area contributed by atoms with E-state index < -0.39 is 17.2 Å². The molecule has 0 amide bonds. The predicted octanol–water partition coefficient (Wildman–Crippen LogP) is 1.30. The van der Waals surface area contributed by atoms with Crippen LogP contribution in [0.2, 0.25) is 0 Å². The summed E-state index contributed by atoms with van der Waals surface area (Å²) in [6.45, 7) is 0.0551. The topological polar surface area (TPSA) is 49.8 Å². The second kappa shape index (κ2) is 3.28. The minimum atomic E-state index is -0.863. The smallest absolute Gasteiger partial charge is 0.144 e. The van der Waals surface area contributed by atoms with E-state index in [1.54, 1.807) is 0 Å². The van der Waals surface area contributed by atoms with Crippen LogP contribution in [-0.2, 0) is 6.54 Å². The molecule has 0 aromatic heterocycles. The Balaban J connectivity index is 3.30. The van der Waals surface area contributed by atoms with Crippen LogP contribution in [0.25, 0.3) is 0 Å². The fourth-order valence-electron chi connectivity index (χ4n) is 0.850. The van der Waals surface area contributed by atoms with Crippen LogP contribution in [0.5, 0.6) is 0 Å². The number of nitriles is 1. The Hall–Kier alpha value is -1.47. The zero-order valence-electron chi connectivity index (χ0n) is 6.14. The summed E-state index contributed by atoms with van der Waals surface area (Å²) in [6, 6.07) is 3.54. The molecule has 0 aliphatic heterocycles. The van der Waals surface area contributed by atoms with Gasteiger partial charge in [-0.05, 0) is 17.7 Å². The largest absolute Gasteiger partial charge is 0.326 e. The Morgan fingerprint density at radius 2 is 1.83 bits per heavy atom. The van der Waals surface area contributed by atoms with Crippen LogP contribution in [0.4, 0.5) is 8.78 Å². The van der Waals surface area contributed by atoms with Crippen molar-refractivity contribution in [3.63, 3.8) is 0 Å². The lowest BCUT2D eigenvalue weighted by Gasteiger charge is -1.99. The molecule has 0 heterocycles. The molecular formula is C8H6F2N2. The van der Waals surface area contributed by atoms with E-state index in [-0.39, 0.29) is 6.54 Å². The van der Waals surface area contributed by atoms with Gasteiger partial charge in [-0.15, -0.1) is 0 Å². The average Bonchev–Trinajstić information content (AvgIpc) is 2.03. The van der Waals surface area contributed by atoms with E-state index in [1.165, 1.54) is 6.07 Å². The highest BCUT2D eigenvalue weighted by atomic mass is 19.1. The fourth-order valence-corrected chi connectivity index (χ4v) is 0.850. The molecule has 4 heteroatoms. The third-order valence-electron chi connectivity index (χ3n) is 1.45. The Morgan fingerprint density at radius 3 is 2.17 bits per heavy atom. The monoisotopic (exact) mass is 168 g/mol. The minimum absolute atomic E-state index is 0.0551. The molecule has 1 aromatic carbocycles. The van der Waals surface area contributed by atoms with Gasteiger partial charge in [-0.1, -0.05) is 0 Å². The van der Waals surface area contributed by atoms with Crippen molar-refractivity contribution in [1.82, 2.24) is 0 Å². The van der Waals surface area contributed by atoms with Gasteiger partial charge in [0.25, 0.3) is 0 Å². The second-order valence-corrected chi connectivity index (χ2v) is 2.25. The molecule has 0 radical (unpaired) electrons. The van der Waals surface area contributed by atoms with Gasteiger partial charge in [-0.2, -0.15) is 5.26 Å². The van der Waals surface area contributed by atoms with Crippen LogP contribution in [0.15, 0.2) is 12.1 Å². The molecule has 2 nitrogen and oxygen atoms in total. The van der Waals surface area contributed by atoms with E-state index in [4.69, 9.17) is 11.0 Å². The molecule has 0 spiro atoms. The molecule has 12 heavy (non-hydrogen) atoms. The molecule has 2 N–H and O–H groups in total. The summed E-state index contributed by atoms with van der Waals surface area (Å²) in [5, 5.41) is 8.30. The first-order valence-corrected chi connectivity index (χ1v) is 3.27. The number of benzene rings is 1. The van der Waals surface area contributed by atoms with Crippen LogP contribution in [0.1, 0.15) is 11.1 Å². The average molecular weight is 168 g/mol. The van der Waals surface area contributed by atoms with Crippen LogP contribution in [-0.4, -0.2) is 0 Å². The van der Waals surface area contributed by atoms with Crippen LogP contribution >= 0.6 is 0 Å². The maximum Gasteiger partial charge on any atom is 0.144 e. The highest BCUT2D eigenvalue weighted by Gasteiger charge is 2.09. The first-order valence-electron chi connectivity index (χ1n) is 3.27. The molecule has 0 aliphatic carbocycles. The Labute approximate surface area is 68.2 Å². The summed E-state index contributed by atoms with van der Waals surface area (Å²) in [7, 11) is 0. The summed E-state index contributed by atoms with van der Waals surface area (Å²) < 4.78 is 25.6. The highest BCUT2D eigenvalue weighted by Crippen LogP contribution is 2.13. The van der Waals surface area contributed by atoms with Gasteiger partial charge in [0.1, 0.15) is 23.3 Å². The van der Waals surface area contributed by atoms with E-state index >= 15 is 0 Å². The summed E-state index contributed by atoms with van der Waals surface area (Å²) >= 11 is 0. The SMILES string of the molecule is N#Cc1c(F)cc(CN)cc1F. The lowest BCUT2D eigenvalue weighted by Crippen LogP contribution is -2.00. The molecule has 1 rings (SSSR count). The van der Waals surface area contributed by atoms with Crippen molar-refractivity contribution in [3.8, 4) is 6.07 Å². The number of nitrogens with zero attached hydrogens (tertiary/aromatic N) is 1. The predicted molar refractivity (Wildman–Crippen MR) is 39.0 cm³/mol. The number of halogens is 2. The first-order chi connectivity index (χ1) is 5.69. The summed E-state index contributed by atoms with van der Waals surface area (Å²) in [6.07, 6.45) is 0. The summed E-state index contributed by atoms with van der Waals surface area (Å²) in [4.78, 5) is 0. The van der Waals surface area contributed by atoms with Crippen molar-refractivity contribution in [2.45, 2.75) is 6.54 Å². The minimum Gasteiger partial charge on any atom is -0.326 e. The van der Waals surface area contributed by atoms with Crippen molar-refractivity contribution >= 4 is 0 Å². The maximum atomic E-state index is 12.8. The lowest BCUT2D eigenvalue weighted by molar-refractivity contribution is 0.573. The Kier molecular flexibility index (Phi) is 2.36. The van der Waals surface area contributed by atoms with Crippen molar-refractivity contribution < 1.29 is 8.78 Å². The van der Waals surface area contributed by atoms with Gasteiger partial charge in [0.15, 0.2) is 0 Å². The van der Waals surface area contributed by atoms with Gasteiger partial charge < -0.3 is 5.73 Å². The number of nitrogens with two attached hydrogens (primary N) is 1. The van der Waals surface area contributed by atoms with Crippen LogP contribution < -0.4 is 5.73 Å². The zero-order chi connectivity index (χ0) is 9.14. The Morgan fingerprint density at radius 1 is 1.33 bits per heavy atom. The molecule has 0 bridgehead atoms. The van der Waals surface area contributed by atoms with E-state index in [1.807, 2.05) is 0 Å². The molecule has 0 fully saturated rings. The second-order valence-electron chi connectivity index (χ2n) is 2.25. The molecule has 0 saturated carbocycles. The van der Waals surface area contributed by atoms with Crippen molar-refractivity contribution in [1.29, 1.82) is 5.26 Å². The summed E-state index contributed by atoms with van der Waals surface area (Å²) in [5.41, 5.74) is 4.94. The van der Waals surface area contributed by atoms with E-state index in [0.717, 1.165) is 12.1 Å². The van der Waals surface area contributed by atoms with Gasteiger partial charge in [-0.3, -0.25) is 0 Å². The van der Waals surface area contributed by atoms with Crippen molar-refractivity contribution in [2.24, 2.45) is 5.73 Å². The van der Waals surface area contributed by atoms with Crippen LogP contribution in [0, 0.1) is 23.0 Å². The molecule has 0 atom stereocenters. The quantitative estimate of drug-likeness (QED) is 0.686. The third kappa shape index (κ3) is 1.41. The number of hydrogen-bond acceptors (Lipinski definition) is 2. The van der Waals surface area contributed by atoms with Gasteiger partial charge in [-0.25, -0.2) is 8.78 Å².